The van der Waals surface area contributed by atoms with Gasteiger partial charge < -0.3 is 4.90 Å². The van der Waals surface area contributed by atoms with Gasteiger partial charge in [-0.3, -0.25) is 0 Å². The zero-order valence-corrected chi connectivity index (χ0v) is 15.7. The minimum absolute atomic E-state index is 0.108. The summed E-state index contributed by atoms with van der Waals surface area (Å²) in [5.74, 6) is -0.368. The van der Waals surface area contributed by atoms with E-state index in [0.29, 0.717) is 31.7 Å². The average Bonchev–Trinajstić information content (AvgIpc) is 2.46. The van der Waals surface area contributed by atoms with Crippen molar-refractivity contribution in [1.29, 1.82) is 0 Å². The molecule has 0 unspecified atom stereocenters. The summed E-state index contributed by atoms with van der Waals surface area (Å²) in [7, 11) is -5.04. The number of nitrogens with zero attached hydrogens (tertiary/aromatic N) is 2. The molecular weight excluding hydrogens is 350 g/mol. The number of piperazine rings is 1. The lowest BCUT2D eigenvalue weighted by Gasteiger charge is -2.31. The van der Waals surface area contributed by atoms with Gasteiger partial charge in [0.15, 0.2) is 0 Å². The topological polar surface area (TPSA) is 86.8 Å². The molecule has 0 atom stereocenters. The van der Waals surface area contributed by atoms with Gasteiger partial charge in [0.25, 0.3) is 0 Å². The number of rotatable bonds is 7. The molecule has 24 heavy (non-hydrogen) atoms. The van der Waals surface area contributed by atoms with Crippen molar-refractivity contribution in [2.24, 2.45) is 0 Å². The van der Waals surface area contributed by atoms with Crippen LogP contribution < -0.4 is 4.72 Å². The lowest BCUT2D eigenvalue weighted by atomic mass is 10.2. The van der Waals surface area contributed by atoms with Crippen molar-refractivity contribution >= 4 is 20.0 Å². The highest BCUT2D eigenvalue weighted by atomic mass is 32.2. The van der Waals surface area contributed by atoms with Crippen LogP contribution in [0.5, 0.6) is 0 Å². The number of hydrogen-bond donors (Lipinski definition) is 1. The van der Waals surface area contributed by atoms with E-state index in [1.165, 1.54) is 4.31 Å². The summed E-state index contributed by atoms with van der Waals surface area (Å²) in [6.07, 6.45) is 0. The third kappa shape index (κ3) is 5.82. The molecule has 1 aliphatic heterocycles. The van der Waals surface area contributed by atoms with E-state index in [0.717, 1.165) is 5.56 Å². The first-order chi connectivity index (χ1) is 11.2. The van der Waals surface area contributed by atoms with Crippen molar-refractivity contribution in [3.63, 3.8) is 0 Å². The van der Waals surface area contributed by atoms with Crippen molar-refractivity contribution in [3.05, 3.63) is 35.4 Å². The second-order valence-corrected chi connectivity index (χ2v) is 10.1. The molecule has 1 aliphatic rings. The molecule has 1 saturated heterocycles. The fourth-order valence-corrected chi connectivity index (χ4v) is 5.19. The van der Waals surface area contributed by atoms with Gasteiger partial charge >= 0.3 is 0 Å². The monoisotopic (exact) mass is 375 g/mol. The molecule has 0 aromatic heterocycles. The molecule has 0 aliphatic carbocycles. The first kappa shape index (κ1) is 19.3. The van der Waals surface area contributed by atoms with E-state index in [1.54, 1.807) is 18.2 Å². The van der Waals surface area contributed by atoms with Gasteiger partial charge in [0, 0.05) is 32.7 Å². The Morgan fingerprint density at radius 2 is 1.75 bits per heavy atom. The van der Waals surface area contributed by atoms with Crippen molar-refractivity contribution < 1.29 is 16.8 Å². The maximum atomic E-state index is 12.3. The number of benzene rings is 1. The van der Waals surface area contributed by atoms with Gasteiger partial charge in [-0.2, -0.15) is 4.31 Å². The zero-order valence-electron chi connectivity index (χ0n) is 14.1. The SMILES string of the molecule is Cc1cccc(CS(=O)(=O)NCCS(=O)(=O)N2CCN(C)CC2)c1. The molecule has 0 amide bonds. The van der Waals surface area contributed by atoms with Crippen molar-refractivity contribution in [3.8, 4) is 0 Å². The first-order valence-corrected chi connectivity index (χ1v) is 11.1. The molecule has 1 fully saturated rings. The Balaban J connectivity index is 1.86. The predicted octanol–water partition coefficient (Wildman–Crippen LogP) is -0.00838. The lowest BCUT2D eigenvalue weighted by molar-refractivity contribution is 0.222. The van der Waals surface area contributed by atoms with Crippen LogP contribution >= 0.6 is 0 Å². The van der Waals surface area contributed by atoms with Crippen LogP contribution in [-0.2, 0) is 25.8 Å². The normalized spacial score (nSPS) is 17.9. The highest BCUT2D eigenvalue weighted by Crippen LogP contribution is 2.09. The minimum Gasteiger partial charge on any atom is -0.304 e. The van der Waals surface area contributed by atoms with E-state index < -0.39 is 20.0 Å². The van der Waals surface area contributed by atoms with E-state index in [1.807, 2.05) is 20.0 Å². The molecule has 2 rings (SSSR count). The van der Waals surface area contributed by atoms with Crippen LogP contribution in [0.4, 0.5) is 0 Å². The Kier molecular flexibility index (Phi) is 6.38. The van der Waals surface area contributed by atoms with Crippen molar-refractivity contribution in [2.75, 3.05) is 45.5 Å². The summed E-state index contributed by atoms with van der Waals surface area (Å²) in [6.45, 7) is 4.08. The number of sulfonamides is 2. The Morgan fingerprint density at radius 1 is 1.08 bits per heavy atom. The molecular formula is C15H25N3O4S2. The van der Waals surface area contributed by atoms with Crippen LogP contribution in [0.3, 0.4) is 0 Å². The van der Waals surface area contributed by atoms with Crippen LogP contribution in [0.25, 0.3) is 0 Å². The van der Waals surface area contributed by atoms with Crippen LogP contribution in [0.15, 0.2) is 24.3 Å². The van der Waals surface area contributed by atoms with Gasteiger partial charge in [0.05, 0.1) is 11.5 Å². The number of aryl methyl sites for hydroxylation is 1. The summed E-state index contributed by atoms with van der Waals surface area (Å²) < 4.78 is 52.5. The predicted molar refractivity (Wildman–Crippen MR) is 94.7 cm³/mol. The summed E-state index contributed by atoms with van der Waals surface area (Å²) in [5.41, 5.74) is 1.67. The Morgan fingerprint density at radius 3 is 2.38 bits per heavy atom. The molecule has 1 aromatic carbocycles. The maximum absolute atomic E-state index is 12.3. The van der Waals surface area contributed by atoms with Gasteiger partial charge in [-0.25, -0.2) is 21.6 Å². The molecule has 9 heteroatoms. The maximum Gasteiger partial charge on any atom is 0.215 e. The number of nitrogens with one attached hydrogen (secondary N) is 1. The summed E-state index contributed by atoms with van der Waals surface area (Å²) in [4.78, 5) is 2.07. The second kappa shape index (κ2) is 7.92. The van der Waals surface area contributed by atoms with Gasteiger partial charge in [-0.05, 0) is 19.5 Å². The molecule has 0 radical (unpaired) electrons. The van der Waals surface area contributed by atoms with Crippen molar-refractivity contribution in [1.82, 2.24) is 13.9 Å². The minimum atomic E-state index is -3.55. The van der Waals surface area contributed by atoms with Crippen LogP contribution in [-0.4, -0.2) is 71.6 Å². The molecule has 1 heterocycles. The lowest BCUT2D eigenvalue weighted by Crippen LogP contribution is -2.48. The van der Waals surface area contributed by atoms with Gasteiger partial charge in [-0.1, -0.05) is 29.8 Å². The molecule has 1 aromatic rings. The van der Waals surface area contributed by atoms with Gasteiger partial charge in [0.1, 0.15) is 0 Å². The molecule has 1 N–H and O–H groups in total. The highest BCUT2D eigenvalue weighted by molar-refractivity contribution is 7.89. The summed E-state index contributed by atoms with van der Waals surface area (Å²) in [5, 5.41) is 0. The fourth-order valence-electron chi connectivity index (χ4n) is 2.59. The summed E-state index contributed by atoms with van der Waals surface area (Å²) >= 11 is 0. The molecule has 7 nitrogen and oxygen atoms in total. The van der Waals surface area contributed by atoms with E-state index in [9.17, 15) is 16.8 Å². The van der Waals surface area contributed by atoms with E-state index in [2.05, 4.69) is 9.62 Å². The van der Waals surface area contributed by atoms with Crippen LogP contribution in [0, 0.1) is 6.92 Å². The van der Waals surface area contributed by atoms with Gasteiger partial charge in [-0.15, -0.1) is 0 Å². The number of likely N-dealkylation sites (N-methyl/N-ethyl adjacent to an activating group) is 1. The Labute approximate surface area is 144 Å². The highest BCUT2D eigenvalue weighted by Gasteiger charge is 2.25. The quantitative estimate of drug-likeness (QED) is 0.724. The molecule has 0 bridgehead atoms. The summed E-state index contributed by atoms with van der Waals surface area (Å²) in [6, 6.07) is 7.25. The molecule has 0 saturated carbocycles. The number of hydrogen-bond acceptors (Lipinski definition) is 5. The van der Waals surface area contributed by atoms with Crippen LogP contribution in [0.2, 0.25) is 0 Å². The van der Waals surface area contributed by atoms with E-state index >= 15 is 0 Å². The third-order valence-corrected chi connectivity index (χ3v) is 7.21. The van der Waals surface area contributed by atoms with E-state index in [4.69, 9.17) is 0 Å². The Bertz CT molecular complexity index is 755. The van der Waals surface area contributed by atoms with E-state index in [-0.39, 0.29) is 18.1 Å². The standard InChI is InChI=1S/C15H25N3O4S2/c1-14-4-3-5-15(12-14)13-23(19,20)16-6-11-24(21,22)18-9-7-17(2)8-10-18/h3-5,12,16H,6-11,13H2,1-2H3. The molecule has 136 valence electrons. The Hall–Kier alpha value is -1.00. The average molecular weight is 376 g/mol. The second-order valence-electron chi connectivity index (χ2n) is 6.16. The van der Waals surface area contributed by atoms with Gasteiger partial charge in [0.2, 0.25) is 20.0 Å². The third-order valence-electron chi connectivity index (χ3n) is 3.98. The van der Waals surface area contributed by atoms with Crippen molar-refractivity contribution in [2.45, 2.75) is 12.7 Å². The largest absolute Gasteiger partial charge is 0.304 e. The van der Waals surface area contributed by atoms with Crippen LogP contribution in [0.1, 0.15) is 11.1 Å². The zero-order chi connectivity index (χ0) is 17.8. The smallest absolute Gasteiger partial charge is 0.215 e. The molecule has 0 spiro atoms. The first-order valence-electron chi connectivity index (χ1n) is 7.87. The fraction of sp³-hybridized carbons (Fsp3) is 0.600.